The molecule has 0 saturated carbocycles. The van der Waals surface area contributed by atoms with E-state index in [-0.39, 0.29) is 35.3 Å². The first-order chi connectivity index (χ1) is 15.0. The summed E-state index contributed by atoms with van der Waals surface area (Å²) in [5, 5.41) is 7.42. The molecule has 5 rings (SSSR count). The maximum absolute atomic E-state index is 13.0. The molecule has 3 aromatic rings. The van der Waals surface area contributed by atoms with Crippen LogP contribution in [-0.4, -0.2) is 78.1 Å². The molecule has 0 radical (unpaired) electrons. The van der Waals surface area contributed by atoms with Crippen molar-refractivity contribution < 1.29 is 17.8 Å². The second kappa shape index (κ2) is 7.89. The van der Waals surface area contributed by atoms with Gasteiger partial charge < -0.3 is 9.80 Å². The zero-order valence-electron chi connectivity index (χ0n) is 16.8. The molecular weight excluding hydrogens is 420 g/mol. The highest BCUT2D eigenvalue weighted by molar-refractivity contribution is 7.89. The number of sulfonamides is 1. The van der Waals surface area contributed by atoms with Gasteiger partial charge in [-0.1, -0.05) is 6.07 Å². The van der Waals surface area contributed by atoms with E-state index in [4.69, 9.17) is 0 Å². The Bertz CT molecular complexity index is 1190. The highest BCUT2D eigenvalue weighted by Gasteiger charge is 2.43. The largest absolute Gasteiger partial charge is 0.370 e. The smallest absolute Gasteiger partial charge is 0.245 e. The van der Waals surface area contributed by atoms with Gasteiger partial charge in [-0.25, -0.2) is 13.0 Å². The number of hydrogen-bond acceptors (Lipinski definition) is 8. The quantitative estimate of drug-likeness (QED) is 0.588. The third-order valence-electron chi connectivity index (χ3n) is 5.90. The molecule has 0 atom stereocenters. The molecule has 11 heteroatoms. The van der Waals surface area contributed by atoms with Crippen molar-refractivity contribution in [1.82, 2.24) is 24.5 Å². The van der Waals surface area contributed by atoms with Gasteiger partial charge in [-0.05, 0) is 41.0 Å². The van der Waals surface area contributed by atoms with E-state index in [1.54, 1.807) is 24.5 Å². The number of pyridine rings is 1. The van der Waals surface area contributed by atoms with Crippen LogP contribution in [-0.2, 0) is 14.8 Å². The lowest BCUT2D eigenvalue weighted by atomic mass is 10.0. The summed E-state index contributed by atoms with van der Waals surface area (Å²) in [6, 6.07) is 8.67. The summed E-state index contributed by atoms with van der Waals surface area (Å²) < 4.78 is 32.0. The summed E-state index contributed by atoms with van der Waals surface area (Å²) in [4.78, 5) is 21.2. The maximum atomic E-state index is 13.0. The van der Waals surface area contributed by atoms with Crippen LogP contribution in [0.4, 0.5) is 5.69 Å². The molecule has 0 spiro atoms. The lowest BCUT2D eigenvalue weighted by Gasteiger charge is -2.39. The highest BCUT2D eigenvalue weighted by atomic mass is 32.2. The number of amides is 1. The Labute approximate surface area is 179 Å². The lowest BCUT2D eigenvalue weighted by molar-refractivity contribution is -0.138. The third kappa shape index (κ3) is 3.63. The molecule has 2 aliphatic rings. The van der Waals surface area contributed by atoms with Crippen molar-refractivity contribution in [2.24, 2.45) is 5.92 Å². The van der Waals surface area contributed by atoms with Crippen LogP contribution in [0.15, 0.2) is 52.3 Å². The fourth-order valence-electron chi connectivity index (χ4n) is 4.13. The number of fused-ring (bicyclic) bond motifs is 1. The fraction of sp³-hybridized carbons (Fsp3) is 0.400. The number of benzene rings is 1. The van der Waals surface area contributed by atoms with E-state index < -0.39 is 10.0 Å². The van der Waals surface area contributed by atoms with Gasteiger partial charge in [-0.15, -0.1) is 0 Å². The molecule has 4 heterocycles. The van der Waals surface area contributed by atoms with E-state index in [0.29, 0.717) is 18.6 Å². The van der Waals surface area contributed by atoms with Crippen LogP contribution in [0.25, 0.3) is 11.0 Å². The number of carbonyl (C=O) groups is 1. The first-order valence-electron chi connectivity index (χ1n) is 10.2. The van der Waals surface area contributed by atoms with E-state index in [0.717, 1.165) is 25.2 Å². The molecule has 2 aromatic heterocycles. The SMILES string of the molecule is O=C(C1CN(S(=O)(=O)c2cccc3nonc23)C1)N1CCCN(c2ccncc2)CC1. The molecule has 162 valence electrons. The molecule has 1 aromatic carbocycles. The first kappa shape index (κ1) is 19.9. The minimum Gasteiger partial charge on any atom is -0.370 e. The lowest BCUT2D eigenvalue weighted by Crippen LogP contribution is -2.56. The predicted octanol–water partition coefficient (Wildman–Crippen LogP) is 0.977. The number of aromatic nitrogens is 3. The van der Waals surface area contributed by atoms with Crippen LogP contribution in [0, 0.1) is 5.92 Å². The van der Waals surface area contributed by atoms with Gasteiger partial charge in [0, 0.05) is 57.3 Å². The van der Waals surface area contributed by atoms with Gasteiger partial charge >= 0.3 is 0 Å². The van der Waals surface area contributed by atoms with Crippen LogP contribution in [0.2, 0.25) is 0 Å². The molecule has 2 saturated heterocycles. The van der Waals surface area contributed by atoms with Crippen molar-refractivity contribution in [3.8, 4) is 0 Å². The van der Waals surface area contributed by atoms with Crippen molar-refractivity contribution in [3.05, 3.63) is 42.7 Å². The third-order valence-corrected chi connectivity index (χ3v) is 7.76. The Morgan fingerprint density at radius 2 is 1.81 bits per heavy atom. The Kier molecular flexibility index (Phi) is 5.06. The molecule has 31 heavy (non-hydrogen) atoms. The molecule has 2 aliphatic heterocycles. The average Bonchev–Trinajstić information content (AvgIpc) is 3.09. The number of carbonyl (C=O) groups excluding carboxylic acids is 1. The first-order valence-corrected chi connectivity index (χ1v) is 11.6. The van der Waals surface area contributed by atoms with Gasteiger partial charge in [-0.3, -0.25) is 9.78 Å². The van der Waals surface area contributed by atoms with Gasteiger partial charge in [0.15, 0.2) is 5.52 Å². The molecular formula is C20H22N6O4S. The summed E-state index contributed by atoms with van der Waals surface area (Å²) in [7, 11) is -3.76. The van der Waals surface area contributed by atoms with E-state index in [1.165, 1.54) is 10.4 Å². The molecule has 10 nitrogen and oxygen atoms in total. The van der Waals surface area contributed by atoms with E-state index in [1.807, 2.05) is 17.0 Å². The molecule has 0 unspecified atom stereocenters. The zero-order chi connectivity index (χ0) is 21.4. The van der Waals surface area contributed by atoms with Crippen molar-refractivity contribution in [2.75, 3.05) is 44.2 Å². The van der Waals surface area contributed by atoms with E-state index in [2.05, 4.69) is 24.8 Å². The van der Waals surface area contributed by atoms with Crippen LogP contribution < -0.4 is 4.90 Å². The van der Waals surface area contributed by atoms with Gasteiger partial charge in [0.25, 0.3) is 0 Å². The molecule has 0 aliphatic carbocycles. The monoisotopic (exact) mass is 442 g/mol. The van der Waals surface area contributed by atoms with Gasteiger partial charge in [0.2, 0.25) is 15.9 Å². The number of hydrogen-bond donors (Lipinski definition) is 0. The number of nitrogens with zero attached hydrogens (tertiary/aromatic N) is 6. The fourth-order valence-corrected chi connectivity index (χ4v) is 5.80. The van der Waals surface area contributed by atoms with Crippen molar-refractivity contribution >= 4 is 32.7 Å². The van der Waals surface area contributed by atoms with E-state index >= 15 is 0 Å². The summed E-state index contributed by atoms with van der Waals surface area (Å²) in [5.41, 5.74) is 1.69. The zero-order valence-corrected chi connectivity index (χ0v) is 17.6. The number of anilines is 1. The molecule has 0 bridgehead atoms. The van der Waals surface area contributed by atoms with Crippen LogP contribution in [0.5, 0.6) is 0 Å². The average molecular weight is 443 g/mol. The number of rotatable bonds is 4. The summed E-state index contributed by atoms with van der Waals surface area (Å²) in [6.07, 6.45) is 4.40. The normalized spacial score (nSPS) is 18.7. The Morgan fingerprint density at radius 3 is 2.61 bits per heavy atom. The maximum Gasteiger partial charge on any atom is 0.245 e. The van der Waals surface area contributed by atoms with Gasteiger partial charge in [-0.2, -0.15) is 4.31 Å². The van der Waals surface area contributed by atoms with Crippen molar-refractivity contribution in [3.63, 3.8) is 0 Å². The second-order valence-corrected chi connectivity index (χ2v) is 9.68. The van der Waals surface area contributed by atoms with Crippen LogP contribution in [0.1, 0.15) is 6.42 Å². The van der Waals surface area contributed by atoms with Crippen LogP contribution >= 0.6 is 0 Å². The Morgan fingerprint density at radius 1 is 1.00 bits per heavy atom. The van der Waals surface area contributed by atoms with Gasteiger partial charge in [0.05, 0.1) is 5.92 Å². The van der Waals surface area contributed by atoms with Crippen molar-refractivity contribution in [2.45, 2.75) is 11.3 Å². The highest BCUT2D eigenvalue weighted by Crippen LogP contribution is 2.30. The predicted molar refractivity (Wildman–Crippen MR) is 112 cm³/mol. The van der Waals surface area contributed by atoms with Crippen molar-refractivity contribution in [1.29, 1.82) is 0 Å². The standard InChI is InChI=1S/C20H22N6O4S/c27-20(25-10-2-9-24(11-12-25)16-5-7-21-8-6-16)15-13-26(14-15)31(28,29)18-4-1-3-17-19(18)23-30-22-17/h1,3-8,15H,2,9-14H2. The Balaban J connectivity index is 1.22. The second-order valence-electron chi connectivity index (χ2n) is 7.78. The molecule has 2 fully saturated rings. The summed E-state index contributed by atoms with van der Waals surface area (Å²) in [6.45, 7) is 3.25. The minimum absolute atomic E-state index is 0.0179. The van der Waals surface area contributed by atoms with Gasteiger partial charge in [0.1, 0.15) is 10.4 Å². The summed E-state index contributed by atoms with van der Waals surface area (Å²) >= 11 is 0. The summed E-state index contributed by atoms with van der Waals surface area (Å²) in [5.74, 6) is -0.304. The topological polar surface area (TPSA) is 113 Å². The molecule has 0 N–H and O–H groups in total. The minimum atomic E-state index is -3.76. The Hall–Kier alpha value is -3.05. The molecule has 1 amide bonds. The van der Waals surface area contributed by atoms with E-state index in [9.17, 15) is 13.2 Å². The van der Waals surface area contributed by atoms with Crippen LogP contribution in [0.3, 0.4) is 0 Å².